The van der Waals surface area contributed by atoms with E-state index in [9.17, 15) is 19.5 Å². The Balaban J connectivity index is 2.17. The van der Waals surface area contributed by atoms with E-state index < -0.39 is 29.4 Å². The number of hydrogen-bond donors (Lipinski definition) is 2. The summed E-state index contributed by atoms with van der Waals surface area (Å²) in [4.78, 5) is 32.8. The van der Waals surface area contributed by atoms with Gasteiger partial charge in [-0.3, -0.25) is 10.1 Å². The Hall–Kier alpha value is -1.59. The standard InChI is InChI=1S/C8H10N2O4/c11-5(12)4-1-2-8(3-4)6(13)9-7(14)10-8/h4H,1-3H2,(H,11,12)(H2,9,10,13,14)/p-1/t4-,8-/m1/s1. The first kappa shape index (κ1) is 8.98. The van der Waals surface area contributed by atoms with Gasteiger partial charge in [0.1, 0.15) is 5.54 Å². The van der Waals surface area contributed by atoms with Gasteiger partial charge in [0.25, 0.3) is 5.91 Å². The summed E-state index contributed by atoms with van der Waals surface area (Å²) in [5, 5.41) is 15.2. The molecule has 0 bridgehead atoms. The van der Waals surface area contributed by atoms with Crippen molar-refractivity contribution in [2.24, 2.45) is 5.92 Å². The van der Waals surface area contributed by atoms with Crippen LogP contribution in [0.1, 0.15) is 19.3 Å². The largest absolute Gasteiger partial charge is 0.550 e. The Morgan fingerprint density at radius 1 is 1.50 bits per heavy atom. The fraction of sp³-hybridized carbons (Fsp3) is 0.625. The molecule has 6 heteroatoms. The summed E-state index contributed by atoms with van der Waals surface area (Å²) in [5.74, 6) is -2.22. The Labute approximate surface area is 79.7 Å². The van der Waals surface area contributed by atoms with Crippen molar-refractivity contribution in [1.82, 2.24) is 10.6 Å². The first-order valence-corrected chi connectivity index (χ1v) is 4.38. The lowest BCUT2D eigenvalue weighted by atomic mass is 9.96. The van der Waals surface area contributed by atoms with Crippen LogP contribution in [0.3, 0.4) is 0 Å². The van der Waals surface area contributed by atoms with Crippen molar-refractivity contribution in [3.63, 3.8) is 0 Å². The molecule has 0 aromatic heterocycles. The summed E-state index contributed by atoms with van der Waals surface area (Å²) in [7, 11) is 0. The Morgan fingerprint density at radius 3 is 2.64 bits per heavy atom. The van der Waals surface area contributed by atoms with Crippen molar-refractivity contribution in [2.45, 2.75) is 24.8 Å². The van der Waals surface area contributed by atoms with E-state index in [1.165, 1.54) is 0 Å². The molecule has 2 fully saturated rings. The van der Waals surface area contributed by atoms with E-state index in [2.05, 4.69) is 10.6 Å². The van der Waals surface area contributed by atoms with Gasteiger partial charge in [-0.25, -0.2) is 4.79 Å². The van der Waals surface area contributed by atoms with Gasteiger partial charge in [0, 0.05) is 11.9 Å². The van der Waals surface area contributed by atoms with Gasteiger partial charge in [-0.05, 0) is 19.3 Å². The predicted molar refractivity (Wildman–Crippen MR) is 41.8 cm³/mol. The van der Waals surface area contributed by atoms with Gasteiger partial charge in [0.05, 0.1) is 0 Å². The molecular weight excluding hydrogens is 188 g/mol. The van der Waals surface area contributed by atoms with E-state index >= 15 is 0 Å². The van der Waals surface area contributed by atoms with Crippen molar-refractivity contribution < 1.29 is 19.5 Å². The molecule has 0 aromatic carbocycles. The number of nitrogens with one attached hydrogen (secondary N) is 2. The van der Waals surface area contributed by atoms with Crippen molar-refractivity contribution in [3.8, 4) is 0 Å². The van der Waals surface area contributed by atoms with Gasteiger partial charge in [0.15, 0.2) is 0 Å². The topological polar surface area (TPSA) is 98.3 Å². The van der Waals surface area contributed by atoms with Gasteiger partial charge in [-0.2, -0.15) is 0 Å². The van der Waals surface area contributed by atoms with Crippen LogP contribution in [0, 0.1) is 5.92 Å². The third kappa shape index (κ3) is 1.14. The molecule has 0 radical (unpaired) electrons. The number of aliphatic carboxylic acids is 1. The van der Waals surface area contributed by atoms with Gasteiger partial charge < -0.3 is 15.2 Å². The van der Waals surface area contributed by atoms with Crippen LogP contribution in [-0.4, -0.2) is 23.4 Å². The molecule has 1 aliphatic carbocycles. The number of carboxylic acids is 1. The van der Waals surface area contributed by atoms with Gasteiger partial charge in [0.2, 0.25) is 0 Å². The van der Waals surface area contributed by atoms with Crippen molar-refractivity contribution in [3.05, 3.63) is 0 Å². The van der Waals surface area contributed by atoms with Crippen LogP contribution in [0.15, 0.2) is 0 Å². The van der Waals surface area contributed by atoms with Crippen molar-refractivity contribution in [2.75, 3.05) is 0 Å². The quantitative estimate of drug-likeness (QED) is 0.480. The lowest BCUT2D eigenvalue weighted by molar-refractivity contribution is -0.311. The lowest BCUT2D eigenvalue weighted by Gasteiger charge is -2.19. The SMILES string of the molecule is O=C1NC(=O)[C@]2(CC[C@@H](C(=O)[O-])C2)N1. The first-order chi connectivity index (χ1) is 6.53. The minimum atomic E-state index is -1.16. The molecule has 1 aliphatic heterocycles. The number of carboxylic acid groups (broad SMARTS) is 1. The molecular formula is C8H9N2O4-. The molecule has 2 aliphatic rings. The van der Waals surface area contributed by atoms with E-state index in [-0.39, 0.29) is 6.42 Å². The molecule has 1 spiro atoms. The fourth-order valence-electron chi connectivity index (χ4n) is 2.09. The van der Waals surface area contributed by atoms with E-state index in [0.717, 1.165) is 0 Å². The number of urea groups is 1. The van der Waals surface area contributed by atoms with E-state index in [4.69, 9.17) is 0 Å². The molecule has 76 valence electrons. The zero-order valence-corrected chi connectivity index (χ0v) is 7.33. The highest BCUT2D eigenvalue weighted by Crippen LogP contribution is 2.36. The summed E-state index contributed by atoms with van der Waals surface area (Å²) in [6.07, 6.45) is 0.867. The third-order valence-corrected chi connectivity index (χ3v) is 2.86. The highest BCUT2D eigenvalue weighted by atomic mass is 16.4. The number of amides is 3. The van der Waals surface area contributed by atoms with Gasteiger partial charge in [-0.1, -0.05) is 0 Å². The van der Waals surface area contributed by atoms with E-state index in [1.54, 1.807) is 0 Å². The normalized spacial score (nSPS) is 35.9. The molecule has 0 unspecified atom stereocenters. The number of hydrogen-bond acceptors (Lipinski definition) is 4. The number of rotatable bonds is 1. The van der Waals surface area contributed by atoms with Crippen LogP contribution in [0.4, 0.5) is 4.79 Å². The Morgan fingerprint density at radius 2 is 2.21 bits per heavy atom. The zero-order valence-electron chi connectivity index (χ0n) is 7.33. The van der Waals surface area contributed by atoms with Gasteiger partial charge >= 0.3 is 6.03 Å². The summed E-state index contributed by atoms with van der Waals surface area (Å²) in [6, 6.07) is -0.547. The molecule has 3 amide bonds. The minimum Gasteiger partial charge on any atom is -0.550 e. The average molecular weight is 197 g/mol. The van der Waals surface area contributed by atoms with E-state index in [1.807, 2.05) is 0 Å². The molecule has 1 saturated heterocycles. The first-order valence-electron chi connectivity index (χ1n) is 4.38. The maximum atomic E-state index is 11.4. The minimum absolute atomic E-state index is 0.132. The van der Waals surface area contributed by atoms with Crippen LogP contribution in [-0.2, 0) is 9.59 Å². The average Bonchev–Trinajstić information content (AvgIpc) is 2.59. The van der Waals surface area contributed by atoms with Crippen LogP contribution in [0.5, 0.6) is 0 Å². The molecule has 0 aromatic rings. The second-order valence-corrected chi connectivity index (χ2v) is 3.75. The second-order valence-electron chi connectivity index (χ2n) is 3.75. The second kappa shape index (κ2) is 2.70. The number of carbonyl (C=O) groups excluding carboxylic acids is 3. The monoisotopic (exact) mass is 197 g/mol. The highest BCUT2D eigenvalue weighted by molar-refractivity contribution is 6.07. The Kier molecular flexibility index (Phi) is 1.73. The van der Waals surface area contributed by atoms with Crippen LogP contribution in [0.25, 0.3) is 0 Å². The predicted octanol–water partition coefficient (Wildman–Crippen LogP) is -1.89. The summed E-state index contributed by atoms with van der Waals surface area (Å²) >= 11 is 0. The van der Waals surface area contributed by atoms with Crippen LogP contribution < -0.4 is 15.7 Å². The fourth-order valence-corrected chi connectivity index (χ4v) is 2.09. The van der Waals surface area contributed by atoms with Crippen LogP contribution in [0.2, 0.25) is 0 Å². The smallest absolute Gasteiger partial charge is 0.322 e. The third-order valence-electron chi connectivity index (χ3n) is 2.86. The molecule has 1 heterocycles. The maximum absolute atomic E-state index is 11.4. The molecule has 1 saturated carbocycles. The number of imide groups is 1. The highest BCUT2D eigenvalue weighted by Gasteiger charge is 2.51. The Bertz CT molecular complexity index is 327. The van der Waals surface area contributed by atoms with Crippen molar-refractivity contribution >= 4 is 17.9 Å². The molecule has 2 rings (SSSR count). The zero-order chi connectivity index (χ0) is 10.3. The number of carbonyl (C=O) groups is 3. The van der Waals surface area contributed by atoms with Gasteiger partial charge in [-0.15, -0.1) is 0 Å². The lowest BCUT2D eigenvalue weighted by Crippen LogP contribution is -2.45. The van der Waals surface area contributed by atoms with E-state index in [0.29, 0.717) is 12.8 Å². The maximum Gasteiger partial charge on any atom is 0.322 e. The molecule has 2 N–H and O–H groups in total. The molecule has 6 nitrogen and oxygen atoms in total. The summed E-state index contributed by atoms with van der Waals surface area (Å²) < 4.78 is 0. The van der Waals surface area contributed by atoms with Crippen molar-refractivity contribution in [1.29, 1.82) is 0 Å². The molecule has 2 atom stereocenters. The van der Waals surface area contributed by atoms with Crippen LogP contribution >= 0.6 is 0 Å². The summed E-state index contributed by atoms with van der Waals surface area (Å²) in [5.41, 5.74) is -0.998. The summed E-state index contributed by atoms with van der Waals surface area (Å²) in [6.45, 7) is 0. The molecule has 14 heavy (non-hydrogen) atoms.